The molecule has 1 aromatic heterocycles. The fourth-order valence-corrected chi connectivity index (χ4v) is 4.42. The van der Waals surface area contributed by atoms with Gasteiger partial charge < -0.3 is 10.1 Å². The van der Waals surface area contributed by atoms with E-state index in [2.05, 4.69) is 10.3 Å². The molecule has 0 aliphatic rings. The highest BCUT2D eigenvalue weighted by Crippen LogP contribution is 2.26. The smallest absolute Gasteiger partial charge is 0.408 e. The van der Waals surface area contributed by atoms with Crippen LogP contribution in [0.5, 0.6) is 0 Å². The van der Waals surface area contributed by atoms with Gasteiger partial charge in [-0.3, -0.25) is 9.17 Å². The van der Waals surface area contributed by atoms with Crippen LogP contribution in [0.15, 0.2) is 71.8 Å². The van der Waals surface area contributed by atoms with Crippen molar-refractivity contribution in [3.63, 3.8) is 0 Å². The van der Waals surface area contributed by atoms with Crippen LogP contribution in [0.1, 0.15) is 49.2 Å². The second-order valence-electron chi connectivity index (χ2n) is 9.12. The van der Waals surface area contributed by atoms with Crippen LogP contribution in [0.3, 0.4) is 0 Å². The molecule has 0 aliphatic carbocycles. The zero-order valence-corrected chi connectivity index (χ0v) is 21.7. The summed E-state index contributed by atoms with van der Waals surface area (Å²) in [5, 5.41) is 3.18. The Hall–Kier alpha value is -2.94. The molecule has 1 heterocycles. The number of aromatic nitrogens is 1. The number of carbonyl (C=O) groups excluding carboxylic acids is 1. The number of hydrogen-bond acceptors (Lipinski definition) is 6. The van der Waals surface area contributed by atoms with E-state index in [-0.39, 0.29) is 11.5 Å². The first-order valence-corrected chi connectivity index (χ1v) is 12.9. The molecular formula is C26H29ClN2O5S. The van der Waals surface area contributed by atoms with Crippen LogP contribution in [-0.4, -0.2) is 25.1 Å². The average Bonchev–Trinajstić information content (AvgIpc) is 2.77. The summed E-state index contributed by atoms with van der Waals surface area (Å²) in [4.78, 5) is 17.1. The lowest BCUT2D eigenvalue weighted by atomic mass is 9.99. The van der Waals surface area contributed by atoms with Crippen molar-refractivity contribution in [2.45, 2.75) is 57.3 Å². The number of benzene rings is 2. The number of halogens is 1. The summed E-state index contributed by atoms with van der Waals surface area (Å²) in [5.74, 6) is 0. The van der Waals surface area contributed by atoms with Crippen LogP contribution in [0.4, 0.5) is 4.79 Å². The molecule has 3 aromatic rings. The van der Waals surface area contributed by atoms with Crippen molar-refractivity contribution in [3.05, 3.63) is 94.3 Å². The van der Waals surface area contributed by atoms with Crippen LogP contribution in [-0.2, 0) is 32.1 Å². The minimum atomic E-state index is -4.02. The van der Waals surface area contributed by atoms with Gasteiger partial charge in [0.05, 0.1) is 28.3 Å². The molecule has 3 rings (SSSR count). The lowest BCUT2D eigenvalue weighted by Crippen LogP contribution is -2.36. The highest BCUT2D eigenvalue weighted by Gasteiger charge is 2.25. The van der Waals surface area contributed by atoms with Crippen molar-refractivity contribution in [2.75, 3.05) is 0 Å². The molecule has 0 unspecified atom stereocenters. The number of alkyl carbamates (subject to hydrolysis) is 1. The summed E-state index contributed by atoms with van der Waals surface area (Å²) in [7, 11) is -4.02. The molecule has 2 aromatic carbocycles. The third kappa shape index (κ3) is 8.06. The molecule has 0 fully saturated rings. The summed E-state index contributed by atoms with van der Waals surface area (Å²) >= 11 is 6.18. The van der Waals surface area contributed by atoms with Gasteiger partial charge in [-0.05, 0) is 57.9 Å². The maximum atomic E-state index is 12.7. The maximum absolute atomic E-state index is 12.7. The van der Waals surface area contributed by atoms with Crippen LogP contribution < -0.4 is 5.32 Å². The Morgan fingerprint density at radius 2 is 1.74 bits per heavy atom. The van der Waals surface area contributed by atoms with Crippen molar-refractivity contribution < 1.29 is 22.1 Å². The molecule has 0 radical (unpaired) electrons. The Balaban J connectivity index is 1.91. The van der Waals surface area contributed by atoms with Gasteiger partial charge in [-0.2, -0.15) is 8.42 Å². The van der Waals surface area contributed by atoms with E-state index >= 15 is 0 Å². The Labute approximate surface area is 211 Å². The number of aryl methyl sites for hydroxylation is 1. The molecule has 7 nitrogen and oxygen atoms in total. The molecule has 0 saturated carbocycles. The maximum Gasteiger partial charge on any atom is 0.408 e. The number of ether oxygens (including phenoxy) is 1. The van der Waals surface area contributed by atoms with Gasteiger partial charge in [-0.25, -0.2) is 4.79 Å². The average molecular weight is 517 g/mol. The van der Waals surface area contributed by atoms with Gasteiger partial charge in [0.2, 0.25) is 0 Å². The van der Waals surface area contributed by atoms with E-state index in [0.29, 0.717) is 22.7 Å². The second kappa shape index (κ2) is 11.2. The first kappa shape index (κ1) is 26.7. The summed E-state index contributed by atoms with van der Waals surface area (Å²) in [6, 6.07) is 16.9. The van der Waals surface area contributed by atoms with E-state index in [0.717, 1.165) is 11.1 Å². The van der Waals surface area contributed by atoms with Gasteiger partial charge in [0, 0.05) is 11.8 Å². The SMILES string of the molecule is Cc1ccc(S(=O)(=O)OCc2cc(Cl)cnc2[C@H](Cc2ccccc2)NC(=O)OC(C)(C)C)cc1. The van der Waals surface area contributed by atoms with E-state index in [1.807, 2.05) is 37.3 Å². The van der Waals surface area contributed by atoms with Crippen LogP contribution in [0.25, 0.3) is 0 Å². The van der Waals surface area contributed by atoms with E-state index in [1.54, 1.807) is 39.0 Å². The van der Waals surface area contributed by atoms with Crippen molar-refractivity contribution in [1.29, 1.82) is 0 Å². The molecule has 0 aliphatic heterocycles. The first-order chi connectivity index (χ1) is 16.4. The molecule has 1 atom stereocenters. The van der Waals surface area contributed by atoms with Gasteiger partial charge in [0.15, 0.2) is 0 Å². The lowest BCUT2D eigenvalue weighted by Gasteiger charge is -2.25. The quantitative estimate of drug-likeness (QED) is 0.383. The number of nitrogens with one attached hydrogen (secondary N) is 1. The molecule has 1 N–H and O–H groups in total. The number of carbonyl (C=O) groups is 1. The summed E-state index contributed by atoms with van der Waals surface area (Å²) in [5.41, 5.74) is 2.06. The summed E-state index contributed by atoms with van der Waals surface area (Å²) in [6.45, 7) is 6.88. The largest absolute Gasteiger partial charge is 0.444 e. The second-order valence-corrected chi connectivity index (χ2v) is 11.2. The highest BCUT2D eigenvalue weighted by molar-refractivity contribution is 7.86. The third-order valence-electron chi connectivity index (χ3n) is 4.95. The minimum Gasteiger partial charge on any atom is -0.444 e. The minimum absolute atomic E-state index is 0.0485. The number of rotatable bonds is 8. The number of hydrogen-bond donors (Lipinski definition) is 1. The van der Waals surface area contributed by atoms with Gasteiger partial charge in [0.25, 0.3) is 10.1 Å². The molecule has 0 saturated heterocycles. The predicted octanol–water partition coefficient (Wildman–Crippen LogP) is 5.76. The Bertz CT molecular complexity index is 1260. The molecule has 0 spiro atoms. The van der Waals surface area contributed by atoms with Crippen molar-refractivity contribution in [3.8, 4) is 0 Å². The van der Waals surface area contributed by atoms with Gasteiger partial charge in [-0.15, -0.1) is 0 Å². The van der Waals surface area contributed by atoms with E-state index in [9.17, 15) is 13.2 Å². The third-order valence-corrected chi connectivity index (χ3v) is 6.44. The summed E-state index contributed by atoms with van der Waals surface area (Å²) < 4.78 is 36.3. The van der Waals surface area contributed by atoms with E-state index in [1.165, 1.54) is 18.3 Å². The normalized spacial score (nSPS) is 12.7. The molecular weight excluding hydrogens is 488 g/mol. The fourth-order valence-electron chi connectivity index (χ4n) is 3.35. The molecule has 1 amide bonds. The van der Waals surface area contributed by atoms with Crippen molar-refractivity contribution in [2.24, 2.45) is 0 Å². The van der Waals surface area contributed by atoms with Crippen LogP contribution in [0.2, 0.25) is 5.02 Å². The topological polar surface area (TPSA) is 94.6 Å². The van der Waals surface area contributed by atoms with Gasteiger partial charge >= 0.3 is 6.09 Å². The lowest BCUT2D eigenvalue weighted by molar-refractivity contribution is 0.0501. The fraction of sp³-hybridized carbons (Fsp3) is 0.308. The molecule has 0 bridgehead atoms. The Kier molecular flexibility index (Phi) is 8.53. The number of nitrogens with zero attached hydrogens (tertiary/aromatic N) is 1. The van der Waals surface area contributed by atoms with Crippen LogP contribution >= 0.6 is 11.6 Å². The van der Waals surface area contributed by atoms with Gasteiger partial charge in [-0.1, -0.05) is 59.6 Å². The first-order valence-electron chi connectivity index (χ1n) is 11.1. The molecule has 186 valence electrons. The monoisotopic (exact) mass is 516 g/mol. The zero-order valence-electron chi connectivity index (χ0n) is 20.1. The van der Waals surface area contributed by atoms with Crippen molar-refractivity contribution in [1.82, 2.24) is 10.3 Å². The van der Waals surface area contributed by atoms with Gasteiger partial charge in [0.1, 0.15) is 5.60 Å². The zero-order chi connectivity index (χ0) is 25.6. The predicted molar refractivity (Wildman–Crippen MR) is 135 cm³/mol. The van der Waals surface area contributed by atoms with E-state index in [4.69, 9.17) is 20.5 Å². The summed E-state index contributed by atoms with van der Waals surface area (Å²) in [6.07, 6.45) is 1.23. The standard InChI is InChI=1S/C26H29ClN2O5S/c1-18-10-12-22(13-11-18)35(31,32)33-17-20-15-21(27)16-28-24(20)23(14-19-8-6-5-7-9-19)29-25(30)34-26(2,3)4/h5-13,15-16,23H,14,17H2,1-4H3,(H,29,30)/t23-/m0/s1. The Morgan fingerprint density at radius 1 is 1.09 bits per heavy atom. The van der Waals surface area contributed by atoms with Crippen LogP contribution in [0, 0.1) is 6.92 Å². The molecule has 35 heavy (non-hydrogen) atoms. The molecule has 9 heteroatoms. The van der Waals surface area contributed by atoms with Crippen molar-refractivity contribution >= 4 is 27.8 Å². The number of amides is 1. The highest BCUT2D eigenvalue weighted by atomic mass is 35.5. The number of pyridine rings is 1. The Morgan fingerprint density at radius 3 is 2.37 bits per heavy atom. The van der Waals surface area contributed by atoms with E-state index < -0.39 is 27.9 Å².